The standard InChI is InChI=1S/C20H22N4O2S/c1-13-10-11-21-17(12-13)23-16-7-5-6-14(22-16)15-8-9-18(27-15)24-19(25)26-20(2,3)4/h5-12H,1-4H3,(H,24,25)(H,21,22,23). The van der Waals surface area contributed by atoms with Gasteiger partial charge in [0.15, 0.2) is 0 Å². The van der Waals surface area contributed by atoms with E-state index in [-0.39, 0.29) is 0 Å². The number of carbonyl (C=O) groups excluding carboxylic acids is 1. The highest BCUT2D eigenvalue weighted by molar-refractivity contribution is 7.19. The Morgan fingerprint density at radius 1 is 1.11 bits per heavy atom. The molecular formula is C20H22N4O2S. The highest BCUT2D eigenvalue weighted by atomic mass is 32.1. The normalized spacial score (nSPS) is 11.1. The summed E-state index contributed by atoms with van der Waals surface area (Å²) in [6.45, 7) is 7.51. The van der Waals surface area contributed by atoms with Crippen molar-refractivity contribution >= 4 is 34.1 Å². The molecule has 0 aliphatic rings. The second-order valence-corrected chi connectivity index (χ2v) is 8.13. The maximum absolute atomic E-state index is 11.9. The number of amides is 1. The van der Waals surface area contributed by atoms with Gasteiger partial charge in [-0.05, 0) is 69.7 Å². The highest BCUT2D eigenvalue weighted by Gasteiger charge is 2.17. The molecule has 3 heterocycles. The first kappa shape index (κ1) is 18.8. The molecule has 0 unspecified atom stereocenters. The molecule has 1 amide bonds. The molecule has 2 N–H and O–H groups in total. The summed E-state index contributed by atoms with van der Waals surface area (Å²) >= 11 is 1.44. The number of hydrogen-bond donors (Lipinski definition) is 2. The minimum atomic E-state index is -0.532. The number of hydrogen-bond acceptors (Lipinski definition) is 6. The smallest absolute Gasteiger partial charge is 0.412 e. The Kier molecular flexibility index (Phi) is 5.41. The molecule has 0 fully saturated rings. The van der Waals surface area contributed by atoms with Gasteiger partial charge in [-0.3, -0.25) is 5.32 Å². The van der Waals surface area contributed by atoms with Crippen LogP contribution in [-0.4, -0.2) is 21.7 Å². The van der Waals surface area contributed by atoms with E-state index in [0.717, 1.165) is 22.0 Å². The van der Waals surface area contributed by atoms with Crippen LogP contribution in [0.2, 0.25) is 0 Å². The quantitative estimate of drug-likeness (QED) is 0.614. The van der Waals surface area contributed by atoms with Crippen molar-refractivity contribution in [1.29, 1.82) is 0 Å². The van der Waals surface area contributed by atoms with Crippen molar-refractivity contribution in [3.63, 3.8) is 0 Å². The minimum Gasteiger partial charge on any atom is -0.444 e. The molecule has 3 aromatic rings. The largest absolute Gasteiger partial charge is 0.444 e. The summed E-state index contributed by atoms with van der Waals surface area (Å²) in [6.07, 6.45) is 1.29. The van der Waals surface area contributed by atoms with Crippen LogP contribution in [0.25, 0.3) is 10.6 Å². The summed E-state index contributed by atoms with van der Waals surface area (Å²) in [5, 5.41) is 6.67. The minimum absolute atomic E-state index is 0.468. The number of anilines is 3. The van der Waals surface area contributed by atoms with Crippen molar-refractivity contribution in [1.82, 2.24) is 9.97 Å². The van der Waals surface area contributed by atoms with Gasteiger partial charge in [-0.1, -0.05) is 6.07 Å². The van der Waals surface area contributed by atoms with E-state index in [1.807, 2.05) is 70.2 Å². The molecule has 0 spiro atoms. The number of rotatable bonds is 4. The van der Waals surface area contributed by atoms with Gasteiger partial charge in [-0.2, -0.15) is 0 Å². The molecule has 3 rings (SSSR count). The molecule has 7 heteroatoms. The molecule has 0 aromatic carbocycles. The van der Waals surface area contributed by atoms with Crippen molar-refractivity contribution in [2.24, 2.45) is 0 Å². The van der Waals surface area contributed by atoms with Crippen molar-refractivity contribution in [3.05, 3.63) is 54.2 Å². The van der Waals surface area contributed by atoms with E-state index in [4.69, 9.17) is 4.74 Å². The lowest BCUT2D eigenvalue weighted by Crippen LogP contribution is -2.26. The van der Waals surface area contributed by atoms with Crippen LogP contribution in [-0.2, 0) is 4.74 Å². The summed E-state index contributed by atoms with van der Waals surface area (Å²) in [6, 6.07) is 13.4. The van der Waals surface area contributed by atoms with E-state index in [1.165, 1.54) is 11.3 Å². The Morgan fingerprint density at radius 3 is 2.67 bits per heavy atom. The summed E-state index contributed by atoms with van der Waals surface area (Å²) in [5.74, 6) is 1.46. The summed E-state index contributed by atoms with van der Waals surface area (Å²) in [5.41, 5.74) is 1.41. The fraction of sp³-hybridized carbons (Fsp3) is 0.250. The van der Waals surface area contributed by atoms with Crippen LogP contribution < -0.4 is 10.6 Å². The third-order valence-electron chi connectivity index (χ3n) is 3.40. The zero-order valence-corrected chi connectivity index (χ0v) is 16.6. The molecule has 0 saturated heterocycles. The van der Waals surface area contributed by atoms with Gasteiger partial charge in [0.25, 0.3) is 0 Å². The molecule has 27 heavy (non-hydrogen) atoms. The molecule has 0 atom stereocenters. The zero-order chi connectivity index (χ0) is 19.4. The average Bonchev–Trinajstić information content (AvgIpc) is 3.01. The van der Waals surface area contributed by atoms with Crippen molar-refractivity contribution in [3.8, 4) is 10.6 Å². The fourth-order valence-electron chi connectivity index (χ4n) is 2.32. The lowest BCUT2D eigenvalue weighted by atomic mass is 10.2. The average molecular weight is 382 g/mol. The van der Waals surface area contributed by atoms with Crippen molar-refractivity contribution in [2.45, 2.75) is 33.3 Å². The van der Waals surface area contributed by atoms with Crippen LogP contribution in [0.1, 0.15) is 26.3 Å². The van der Waals surface area contributed by atoms with Crippen LogP contribution in [0.4, 0.5) is 21.4 Å². The van der Waals surface area contributed by atoms with Crippen LogP contribution in [0.15, 0.2) is 48.7 Å². The number of carbonyl (C=O) groups is 1. The predicted octanol–water partition coefficient (Wildman–Crippen LogP) is 5.60. The van der Waals surface area contributed by atoms with Crippen molar-refractivity contribution < 1.29 is 9.53 Å². The molecule has 0 bridgehead atoms. The summed E-state index contributed by atoms with van der Waals surface area (Å²) in [7, 11) is 0. The Balaban J connectivity index is 1.72. The first-order valence-electron chi connectivity index (χ1n) is 8.55. The van der Waals surface area contributed by atoms with Gasteiger partial charge >= 0.3 is 6.09 Å². The van der Waals surface area contributed by atoms with E-state index < -0.39 is 11.7 Å². The molecule has 140 valence electrons. The number of aromatic nitrogens is 2. The number of nitrogens with zero attached hydrogens (tertiary/aromatic N) is 2. The second-order valence-electron chi connectivity index (χ2n) is 7.04. The fourth-order valence-corrected chi connectivity index (χ4v) is 3.19. The lowest BCUT2D eigenvalue weighted by molar-refractivity contribution is 0.0636. The van der Waals surface area contributed by atoms with Gasteiger partial charge in [-0.25, -0.2) is 14.8 Å². The van der Waals surface area contributed by atoms with Crippen LogP contribution >= 0.6 is 11.3 Å². The Morgan fingerprint density at radius 2 is 1.93 bits per heavy atom. The first-order valence-corrected chi connectivity index (χ1v) is 9.37. The molecule has 0 aliphatic heterocycles. The number of nitrogens with one attached hydrogen (secondary N) is 2. The van der Waals surface area contributed by atoms with Gasteiger partial charge in [0, 0.05) is 6.20 Å². The van der Waals surface area contributed by atoms with Crippen LogP contribution in [0.3, 0.4) is 0 Å². The molecule has 0 radical (unpaired) electrons. The predicted molar refractivity (Wildman–Crippen MR) is 110 cm³/mol. The van der Waals surface area contributed by atoms with E-state index in [2.05, 4.69) is 20.6 Å². The third kappa shape index (κ3) is 5.52. The summed E-state index contributed by atoms with van der Waals surface area (Å²) < 4.78 is 5.28. The number of ether oxygens (including phenoxy) is 1. The van der Waals surface area contributed by atoms with Crippen LogP contribution in [0, 0.1) is 6.92 Å². The van der Waals surface area contributed by atoms with Gasteiger partial charge in [0.1, 0.15) is 17.2 Å². The number of thiophene rings is 1. The molecule has 3 aromatic heterocycles. The Bertz CT molecular complexity index is 947. The number of aryl methyl sites for hydroxylation is 1. The first-order chi connectivity index (χ1) is 12.8. The van der Waals surface area contributed by atoms with Crippen molar-refractivity contribution in [2.75, 3.05) is 10.6 Å². The Labute approximate surface area is 162 Å². The SMILES string of the molecule is Cc1ccnc(Nc2cccc(-c3ccc(NC(=O)OC(C)(C)C)s3)n2)c1. The number of pyridine rings is 2. The molecular weight excluding hydrogens is 360 g/mol. The van der Waals surface area contributed by atoms with E-state index in [9.17, 15) is 4.79 Å². The van der Waals surface area contributed by atoms with Crippen LogP contribution in [0.5, 0.6) is 0 Å². The third-order valence-corrected chi connectivity index (χ3v) is 4.43. The van der Waals surface area contributed by atoms with E-state index in [1.54, 1.807) is 6.20 Å². The van der Waals surface area contributed by atoms with Gasteiger partial charge in [0.05, 0.1) is 15.6 Å². The topological polar surface area (TPSA) is 76.1 Å². The monoisotopic (exact) mass is 382 g/mol. The molecule has 0 aliphatic carbocycles. The maximum Gasteiger partial charge on any atom is 0.412 e. The van der Waals surface area contributed by atoms with Gasteiger partial charge in [-0.15, -0.1) is 11.3 Å². The van der Waals surface area contributed by atoms with Gasteiger partial charge < -0.3 is 10.1 Å². The molecule has 6 nitrogen and oxygen atoms in total. The Hall–Kier alpha value is -2.93. The second kappa shape index (κ2) is 7.75. The zero-order valence-electron chi connectivity index (χ0n) is 15.7. The van der Waals surface area contributed by atoms with E-state index in [0.29, 0.717) is 10.8 Å². The van der Waals surface area contributed by atoms with E-state index >= 15 is 0 Å². The maximum atomic E-state index is 11.9. The highest BCUT2D eigenvalue weighted by Crippen LogP contribution is 2.31. The summed E-state index contributed by atoms with van der Waals surface area (Å²) in [4.78, 5) is 21.8. The molecule has 0 saturated carbocycles. The van der Waals surface area contributed by atoms with Gasteiger partial charge in [0.2, 0.25) is 0 Å². The lowest BCUT2D eigenvalue weighted by Gasteiger charge is -2.19.